The number of aromatic nitrogens is 2. The van der Waals surface area contributed by atoms with Crippen molar-refractivity contribution in [1.82, 2.24) is 15.3 Å². The van der Waals surface area contributed by atoms with Gasteiger partial charge < -0.3 is 20.3 Å². The molecule has 3 aromatic rings. The topological polar surface area (TPSA) is 79.4 Å². The molecule has 0 unspecified atom stereocenters. The molecule has 2 heterocycles. The average Bonchev–Trinajstić information content (AvgIpc) is 2.71. The standard InChI is InChI=1S/C21H20FN5O2/c1-23-20(28)14-3-2-4-16(11-14)25-19-9-10-24-21(26-19)27-12-18(13-27)29-17-7-5-15(22)6-8-17/h2-11,18H,12-13H2,1H3,(H,23,28)(H,24,25,26). The molecule has 29 heavy (non-hydrogen) atoms. The van der Waals surface area contributed by atoms with Gasteiger partial charge in [0.05, 0.1) is 13.1 Å². The van der Waals surface area contributed by atoms with Gasteiger partial charge in [0.2, 0.25) is 5.95 Å². The van der Waals surface area contributed by atoms with Crippen LogP contribution in [0.1, 0.15) is 10.4 Å². The van der Waals surface area contributed by atoms with E-state index in [0.717, 1.165) is 5.69 Å². The number of halogens is 1. The van der Waals surface area contributed by atoms with Crippen LogP contribution >= 0.6 is 0 Å². The molecule has 1 aliphatic rings. The quantitative estimate of drug-likeness (QED) is 0.670. The van der Waals surface area contributed by atoms with Gasteiger partial charge >= 0.3 is 0 Å². The SMILES string of the molecule is CNC(=O)c1cccc(Nc2ccnc(N3CC(Oc4ccc(F)cc4)C3)n2)c1. The van der Waals surface area contributed by atoms with E-state index in [2.05, 4.69) is 20.6 Å². The van der Waals surface area contributed by atoms with E-state index in [-0.39, 0.29) is 17.8 Å². The highest BCUT2D eigenvalue weighted by molar-refractivity contribution is 5.95. The van der Waals surface area contributed by atoms with Gasteiger partial charge in [-0.05, 0) is 48.5 Å². The van der Waals surface area contributed by atoms with Crippen LogP contribution < -0.4 is 20.3 Å². The zero-order chi connectivity index (χ0) is 20.2. The third-order valence-electron chi connectivity index (χ3n) is 4.51. The van der Waals surface area contributed by atoms with Gasteiger partial charge in [-0.25, -0.2) is 9.37 Å². The summed E-state index contributed by atoms with van der Waals surface area (Å²) in [5.74, 6) is 1.43. The Hall–Kier alpha value is -3.68. The van der Waals surface area contributed by atoms with Gasteiger partial charge in [0.1, 0.15) is 23.5 Å². The predicted octanol–water partition coefficient (Wildman–Crippen LogP) is 2.99. The summed E-state index contributed by atoms with van der Waals surface area (Å²) in [7, 11) is 1.60. The number of hydrogen-bond acceptors (Lipinski definition) is 6. The molecule has 1 saturated heterocycles. The average molecular weight is 393 g/mol. The number of hydrogen-bond donors (Lipinski definition) is 2. The van der Waals surface area contributed by atoms with Crippen molar-refractivity contribution in [3.8, 4) is 5.75 Å². The molecule has 0 bridgehead atoms. The Morgan fingerprint density at radius 3 is 2.72 bits per heavy atom. The van der Waals surface area contributed by atoms with Crippen LogP contribution in [0.3, 0.4) is 0 Å². The maximum atomic E-state index is 13.0. The largest absolute Gasteiger partial charge is 0.487 e. The van der Waals surface area contributed by atoms with E-state index in [1.165, 1.54) is 12.1 Å². The van der Waals surface area contributed by atoms with E-state index in [4.69, 9.17) is 4.74 Å². The van der Waals surface area contributed by atoms with Crippen LogP contribution in [0, 0.1) is 5.82 Å². The Morgan fingerprint density at radius 2 is 1.97 bits per heavy atom. The summed E-state index contributed by atoms with van der Waals surface area (Å²) in [4.78, 5) is 22.6. The lowest BCUT2D eigenvalue weighted by atomic mass is 10.2. The fraction of sp³-hybridized carbons (Fsp3) is 0.190. The summed E-state index contributed by atoms with van der Waals surface area (Å²) >= 11 is 0. The smallest absolute Gasteiger partial charge is 0.251 e. The second kappa shape index (κ2) is 8.14. The van der Waals surface area contributed by atoms with E-state index in [9.17, 15) is 9.18 Å². The minimum Gasteiger partial charge on any atom is -0.487 e. The van der Waals surface area contributed by atoms with Gasteiger partial charge in [0.15, 0.2) is 0 Å². The Labute approximate surface area is 167 Å². The number of rotatable bonds is 6. The van der Waals surface area contributed by atoms with Crippen molar-refractivity contribution >= 4 is 23.4 Å². The molecule has 1 aliphatic heterocycles. The fourth-order valence-electron chi connectivity index (χ4n) is 2.98. The van der Waals surface area contributed by atoms with Crippen molar-refractivity contribution in [1.29, 1.82) is 0 Å². The van der Waals surface area contributed by atoms with Gasteiger partial charge in [-0.15, -0.1) is 0 Å². The predicted molar refractivity (Wildman–Crippen MR) is 108 cm³/mol. The molecule has 0 radical (unpaired) electrons. The maximum Gasteiger partial charge on any atom is 0.251 e. The fourth-order valence-corrected chi connectivity index (χ4v) is 2.98. The second-order valence-electron chi connectivity index (χ2n) is 6.63. The van der Waals surface area contributed by atoms with E-state index in [0.29, 0.717) is 36.2 Å². The number of carbonyl (C=O) groups is 1. The van der Waals surface area contributed by atoms with Crippen LogP contribution in [0.2, 0.25) is 0 Å². The van der Waals surface area contributed by atoms with Crippen molar-refractivity contribution in [3.63, 3.8) is 0 Å². The second-order valence-corrected chi connectivity index (χ2v) is 6.63. The Bertz CT molecular complexity index is 1010. The zero-order valence-corrected chi connectivity index (χ0v) is 15.8. The summed E-state index contributed by atoms with van der Waals surface area (Å²) < 4.78 is 18.8. The number of ether oxygens (including phenoxy) is 1. The van der Waals surface area contributed by atoms with E-state index in [1.807, 2.05) is 17.0 Å². The van der Waals surface area contributed by atoms with Crippen molar-refractivity contribution in [2.75, 3.05) is 30.4 Å². The zero-order valence-electron chi connectivity index (χ0n) is 15.8. The number of anilines is 3. The molecule has 0 atom stereocenters. The van der Waals surface area contributed by atoms with Gasteiger partial charge in [0, 0.05) is 24.5 Å². The number of nitrogens with one attached hydrogen (secondary N) is 2. The first kappa shape index (κ1) is 18.7. The molecule has 8 heteroatoms. The van der Waals surface area contributed by atoms with Crippen LogP contribution in [0.4, 0.5) is 21.8 Å². The molecule has 0 aliphatic carbocycles. The third kappa shape index (κ3) is 4.43. The van der Waals surface area contributed by atoms with Gasteiger partial charge in [-0.1, -0.05) is 6.07 Å². The van der Waals surface area contributed by atoms with Crippen molar-refractivity contribution in [2.45, 2.75) is 6.10 Å². The maximum absolute atomic E-state index is 13.0. The molecule has 2 N–H and O–H groups in total. The molecule has 1 fully saturated rings. The molecular weight excluding hydrogens is 373 g/mol. The lowest BCUT2D eigenvalue weighted by Crippen LogP contribution is -2.54. The van der Waals surface area contributed by atoms with Crippen LogP contribution in [0.5, 0.6) is 5.75 Å². The molecule has 1 amide bonds. The highest BCUT2D eigenvalue weighted by Gasteiger charge is 2.30. The first-order valence-corrected chi connectivity index (χ1v) is 9.20. The number of benzene rings is 2. The number of carbonyl (C=O) groups excluding carboxylic acids is 1. The van der Waals surface area contributed by atoms with Crippen molar-refractivity contribution < 1.29 is 13.9 Å². The molecular formula is C21H20FN5O2. The summed E-state index contributed by atoms with van der Waals surface area (Å²) in [5, 5.41) is 5.80. The summed E-state index contributed by atoms with van der Waals surface area (Å²) in [6, 6.07) is 14.9. The van der Waals surface area contributed by atoms with Crippen molar-refractivity contribution in [2.24, 2.45) is 0 Å². The van der Waals surface area contributed by atoms with Crippen LogP contribution in [-0.2, 0) is 0 Å². The summed E-state index contributed by atoms with van der Waals surface area (Å²) in [5.41, 5.74) is 1.33. The molecule has 148 valence electrons. The third-order valence-corrected chi connectivity index (χ3v) is 4.51. The van der Waals surface area contributed by atoms with E-state index in [1.54, 1.807) is 43.6 Å². The number of nitrogens with zero attached hydrogens (tertiary/aromatic N) is 3. The normalized spacial score (nSPS) is 13.5. The minimum absolute atomic E-state index is 0.00455. The molecule has 1 aromatic heterocycles. The summed E-state index contributed by atoms with van der Waals surface area (Å²) in [6.07, 6.45) is 1.69. The highest BCUT2D eigenvalue weighted by Crippen LogP contribution is 2.23. The lowest BCUT2D eigenvalue weighted by molar-refractivity contribution is 0.0963. The van der Waals surface area contributed by atoms with Gasteiger partial charge in [0.25, 0.3) is 5.91 Å². The molecule has 2 aromatic carbocycles. The Morgan fingerprint density at radius 1 is 1.17 bits per heavy atom. The van der Waals surface area contributed by atoms with Crippen LogP contribution in [0.25, 0.3) is 0 Å². The monoisotopic (exact) mass is 393 g/mol. The van der Waals surface area contributed by atoms with Gasteiger partial charge in [-0.3, -0.25) is 4.79 Å². The van der Waals surface area contributed by atoms with Crippen molar-refractivity contribution in [3.05, 3.63) is 72.2 Å². The molecule has 0 spiro atoms. The Balaban J connectivity index is 1.37. The molecule has 4 rings (SSSR count). The van der Waals surface area contributed by atoms with Crippen LogP contribution in [-0.4, -0.2) is 42.1 Å². The molecule has 0 saturated carbocycles. The molecule has 7 nitrogen and oxygen atoms in total. The van der Waals surface area contributed by atoms with E-state index < -0.39 is 0 Å². The first-order chi connectivity index (χ1) is 14.1. The first-order valence-electron chi connectivity index (χ1n) is 9.20. The minimum atomic E-state index is -0.286. The van der Waals surface area contributed by atoms with Crippen LogP contribution in [0.15, 0.2) is 60.8 Å². The lowest BCUT2D eigenvalue weighted by Gasteiger charge is -2.38. The van der Waals surface area contributed by atoms with E-state index >= 15 is 0 Å². The highest BCUT2D eigenvalue weighted by atomic mass is 19.1. The number of amides is 1. The summed E-state index contributed by atoms with van der Waals surface area (Å²) in [6.45, 7) is 1.29. The van der Waals surface area contributed by atoms with Gasteiger partial charge in [-0.2, -0.15) is 4.98 Å². The Kier molecular flexibility index (Phi) is 5.24.